The molecule has 0 radical (unpaired) electrons. The lowest BCUT2D eigenvalue weighted by molar-refractivity contribution is 0.0697. The van der Waals surface area contributed by atoms with Crippen LogP contribution in [0.4, 0.5) is 14.5 Å². The van der Waals surface area contributed by atoms with E-state index in [0.29, 0.717) is 17.4 Å². The molecule has 0 atom stereocenters. The highest BCUT2D eigenvalue weighted by molar-refractivity contribution is 5.89. The first-order valence-electron chi connectivity index (χ1n) is 12.4. The number of likely N-dealkylation sites (N-methyl/N-ethyl adjacent to an activating group) is 1. The number of carboxylic acid groups (broad SMARTS) is 1. The first-order chi connectivity index (χ1) is 18.3. The van der Waals surface area contributed by atoms with E-state index in [0.717, 1.165) is 62.0 Å². The standard InChI is InChI=1S/C28H31F2N3O3.C2H2/c1-19-6-7-21(28(34)35)16-26(19)32(2)14-15-33-12-10-20(11-13-33)25-4-3-5-27(31-25)36-18-22-8-9-23(29)17-24(22)30;1-2/h3-9,16-17,20H,10-15,18H2,1-2H3,(H,34,35);1-2H. The number of aromatic carboxylic acids is 1. The number of rotatable bonds is 9. The summed E-state index contributed by atoms with van der Waals surface area (Å²) in [6.45, 7) is 5.56. The van der Waals surface area contributed by atoms with Crippen LogP contribution in [0.25, 0.3) is 0 Å². The summed E-state index contributed by atoms with van der Waals surface area (Å²) in [5.41, 5.74) is 3.53. The van der Waals surface area contributed by atoms with Gasteiger partial charge in [-0.15, -0.1) is 12.8 Å². The largest absolute Gasteiger partial charge is 0.478 e. The molecule has 0 aliphatic carbocycles. The zero-order valence-electron chi connectivity index (χ0n) is 21.7. The molecule has 0 saturated carbocycles. The summed E-state index contributed by atoms with van der Waals surface area (Å²) in [7, 11) is 1.99. The summed E-state index contributed by atoms with van der Waals surface area (Å²) >= 11 is 0. The summed E-state index contributed by atoms with van der Waals surface area (Å²) < 4.78 is 32.6. The maximum Gasteiger partial charge on any atom is 0.335 e. The van der Waals surface area contributed by atoms with Crippen LogP contribution in [-0.2, 0) is 6.61 Å². The fraction of sp³-hybridized carbons (Fsp3) is 0.333. The summed E-state index contributed by atoms with van der Waals surface area (Å²) in [4.78, 5) is 20.5. The van der Waals surface area contributed by atoms with E-state index in [1.807, 2.05) is 32.2 Å². The third kappa shape index (κ3) is 7.53. The number of piperidine rings is 1. The van der Waals surface area contributed by atoms with Crippen LogP contribution in [0.1, 0.15) is 45.9 Å². The van der Waals surface area contributed by atoms with Gasteiger partial charge in [-0.05, 0) is 68.8 Å². The summed E-state index contributed by atoms with van der Waals surface area (Å²) in [6, 6.07) is 14.3. The Labute approximate surface area is 222 Å². The number of aryl methyl sites for hydroxylation is 1. The van der Waals surface area contributed by atoms with E-state index in [2.05, 4.69) is 27.6 Å². The van der Waals surface area contributed by atoms with Gasteiger partial charge in [-0.2, -0.15) is 0 Å². The van der Waals surface area contributed by atoms with E-state index in [1.165, 1.54) is 12.1 Å². The first kappa shape index (κ1) is 28.6. The highest BCUT2D eigenvalue weighted by Gasteiger charge is 2.22. The molecular weight excluding hydrogens is 488 g/mol. The summed E-state index contributed by atoms with van der Waals surface area (Å²) in [5, 5.41) is 9.29. The number of carboxylic acids is 1. The van der Waals surface area contributed by atoms with E-state index in [-0.39, 0.29) is 12.2 Å². The second kappa shape index (κ2) is 13.5. The van der Waals surface area contributed by atoms with Crippen LogP contribution in [-0.4, -0.2) is 54.2 Å². The molecule has 1 N–H and O–H groups in total. The number of terminal acetylenes is 1. The minimum atomic E-state index is -0.919. The molecule has 38 heavy (non-hydrogen) atoms. The van der Waals surface area contributed by atoms with Crippen LogP contribution >= 0.6 is 0 Å². The number of likely N-dealkylation sites (tertiary alicyclic amines) is 1. The average molecular weight is 522 g/mol. The average Bonchev–Trinajstić information content (AvgIpc) is 2.93. The molecule has 0 spiro atoms. The quantitative estimate of drug-likeness (QED) is 0.375. The van der Waals surface area contributed by atoms with Gasteiger partial charge in [0.25, 0.3) is 0 Å². The van der Waals surface area contributed by atoms with E-state index in [9.17, 15) is 18.7 Å². The Kier molecular flexibility index (Phi) is 10.2. The van der Waals surface area contributed by atoms with E-state index in [1.54, 1.807) is 18.2 Å². The molecule has 2 aromatic carbocycles. The van der Waals surface area contributed by atoms with Crippen LogP contribution in [0, 0.1) is 31.4 Å². The molecule has 8 heteroatoms. The van der Waals surface area contributed by atoms with Gasteiger partial charge in [0.2, 0.25) is 5.88 Å². The van der Waals surface area contributed by atoms with Crippen LogP contribution in [0.2, 0.25) is 0 Å². The monoisotopic (exact) mass is 521 g/mol. The Morgan fingerprint density at radius 3 is 2.55 bits per heavy atom. The Hall–Kier alpha value is -3.96. The van der Waals surface area contributed by atoms with Gasteiger partial charge in [-0.1, -0.05) is 12.1 Å². The smallest absolute Gasteiger partial charge is 0.335 e. The number of halogens is 2. The minimum Gasteiger partial charge on any atom is -0.478 e. The number of hydrogen-bond donors (Lipinski definition) is 1. The van der Waals surface area contributed by atoms with Crippen LogP contribution in [0.3, 0.4) is 0 Å². The molecule has 0 amide bonds. The van der Waals surface area contributed by atoms with Crippen LogP contribution < -0.4 is 9.64 Å². The van der Waals surface area contributed by atoms with Gasteiger partial charge in [0, 0.05) is 55.1 Å². The summed E-state index contributed by atoms with van der Waals surface area (Å²) in [5.74, 6) is -1.41. The van der Waals surface area contributed by atoms with Gasteiger partial charge >= 0.3 is 5.97 Å². The number of pyridine rings is 1. The Bertz CT molecular complexity index is 1260. The van der Waals surface area contributed by atoms with Gasteiger partial charge < -0.3 is 19.6 Å². The molecule has 3 aromatic rings. The third-order valence-corrected chi connectivity index (χ3v) is 6.76. The Balaban J connectivity index is 0.00000195. The fourth-order valence-corrected chi connectivity index (χ4v) is 4.55. The molecule has 1 aliphatic rings. The van der Waals surface area contributed by atoms with Crippen molar-refractivity contribution >= 4 is 11.7 Å². The lowest BCUT2D eigenvalue weighted by atomic mass is 9.93. The van der Waals surface area contributed by atoms with Gasteiger partial charge in [-0.25, -0.2) is 18.6 Å². The van der Waals surface area contributed by atoms with Gasteiger partial charge in [0.1, 0.15) is 18.2 Å². The zero-order valence-corrected chi connectivity index (χ0v) is 21.7. The predicted molar refractivity (Wildman–Crippen MR) is 145 cm³/mol. The number of anilines is 1. The van der Waals surface area contributed by atoms with Gasteiger partial charge in [-0.3, -0.25) is 0 Å². The van der Waals surface area contributed by atoms with E-state index in [4.69, 9.17) is 4.74 Å². The molecule has 1 fully saturated rings. The highest BCUT2D eigenvalue weighted by atomic mass is 19.1. The first-order valence-corrected chi connectivity index (χ1v) is 12.4. The molecule has 1 aromatic heterocycles. The molecule has 1 aliphatic heterocycles. The fourth-order valence-electron chi connectivity index (χ4n) is 4.55. The molecule has 4 rings (SSSR count). The Morgan fingerprint density at radius 2 is 1.87 bits per heavy atom. The number of ether oxygens (including phenoxy) is 1. The topological polar surface area (TPSA) is 65.9 Å². The summed E-state index contributed by atoms with van der Waals surface area (Å²) in [6.07, 6.45) is 9.95. The van der Waals surface area contributed by atoms with E-state index < -0.39 is 17.6 Å². The molecule has 0 bridgehead atoms. The van der Waals surface area contributed by atoms with Crippen molar-refractivity contribution in [3.63, 3.8) is 0 Å². The lowest BCUT2D eigenvalue weighted by Gasteiger charge is -2.33. The van der Waals surface area contributed by atoms with Crippen molar-refractivity contribution in [2.75, 3.05) is 38.1 Å². The maximum absolute atomic E-state index is 13.9. The maximum atomic E-state index is 13.9. The number of benzene rings is 2. The SMILES string of the molecule is C#C.Cc1ccc(C(=O)O)cc1N(C)CCN1CCC(c2cccc(OCc3ccc(F)cc3F)n2)CC1. The number of aromatic nitrogens is 1. The van der Waals surface area contributed by atoms with Crippen LogP contribution in [0.15, 0.2) is 54.6 Å². The number of hydrogen-bond acceptors (Lipinski definition) is 5. The predicted octanol–water partition coefficient (Wildman–Crippen LogP) is 5.51. The van der Waals surface area contributed by atoms with Crippen molar-refractivity contribution in [2.45, 2.75) is 32.3 Å². The number of nitrogens with zero attached hydrogens (tertiary/aromatic N) is 3. The van der Waals surface area contributed by atoms with Gasteiger partial charge in [0.15, 0.2) is 0 Å². The van der Waals surface area contributed by atoms with Crippen molar-refractivity contribution in [1.82, 2.24) is 9.88 Å². The molecule has 1 saturated heterocycles. The zero-order chi connectivity index (χ0) is 27.7. The van der Waals surface area contributed by atoms with Crippen molar-refractivity contribution < 1.29 is 23.4 Å². The van der Waals surface area contributed by atoms with E-state index >= 15 is 0 Å². The molecule has 6 nitrogen and oxygen atoms in total. The minimum absolute atomic E-state index is 0.0105. The molecule has 200 valence electrons. The Morgan fingerprint density at radius 1 is 1.13 bits per heavy atom. The molecule has 2 heterocycles. The third-order valence-electron chi connectivity index (χ3n) is 6.76. The second-order valence-electron chi connectivity index (χ2n) is 9.27. The normalized spacial score (nSPS) is 13.8. The molecular formula is C30H33F2N3O3. The van der Waals surface area contributed by atoms with Crippen molar-refractivity contribution in [3.05, 3.63) is 88.6 Å². The van der Waals surface area contributed by atoms with Crippen molar-refractivity contribution in [1.29, 1.82) is 0 Å². The number of carbonyl (C=O) groups is 1. The highest BCUT2D eigenvalue weighted by Crippen LogP contribution is 2.28. The van der Waals surface area contributed by atoms with Crippen LogP contribution in [0.5, 0.6) is 5.88 Å². The van der Waals surface area contributed by atoms with Crippen molar-refractivity contribution in [2.24, 2.45) is 0 Å². The lowest BCUT2D eigenvalue weighted by Crippen LogP contribution is -2.38. The van der Waals surface area contributed by atoms with Gasteiger partial charge in [0.05, 0.1) is 5.56 Å². The molecule has 0 unspecified atom stereocenters. The second-order valence-corrected chi connectivity index (χ2v) is 9.27. The van der Waals surface area contributed by atoms with Crippen molar-refractivity contribution in [3.8, 4) is 18.7 Å².